The Morgan fingerprint density at radius 2 is 1.83 bits per heavy atom. The molecule has 1 aliphatic rings. The van der Waals surface area contributed by atoms with Crippen molar-refractivity contribution in [3.63, 3.8) is 0 Å². The van der Waals surface area contributed by atoms with Gasteiger partial charge < -0.3 is 0 Å². The normalized spacial score (nSPS) is 14.1. The number of carbonyl (C=O) groups is 1. The third-order valence-corrected chi connectivity index (χ3v) is 2.79. The van der Waals surface area contributed by atoms with Crippen LogP contribution in [0.4, 0.5) is 0 Å². The molecule has 1 nitrogen and oxygen atoms in total. The van der Waals surface area contributed by atoms with Crippen molar-refractivity contribution in [2.24, 2.45) is 0 Å². The van der Waals surface area contributed by atoms with E-state index in [0.29, 0.717) is 12.2 Å². The van der Waals surface area contributed by atoms with Crippen molar-refractivity contribution in [3.05, 3.63) is 33.9 Å². The molecule has 0 unspecified atom stereocenters. The van der Waals surface area contributed by atoms with Gasteiger partial charge in [-0.1, -0.05) is 6.07 Å². The highest BCUT2D eigenvalue weighted by Gasteiger charge is 2.27. The molecule has 0 spiro atoms. The van der Waals surface area contributed by atoms with Crippen molar-refractivity contribution in [1.29, 1.82) is 0 Å². The Hall–Kier alpha value is -1.11. The summed E-state index contributed by atoms with van der Waals surface area (Å²) in [4.78, 5) is 11.2. The number of carbonyl (C=O) groups excluding carboxylic acids is 1. The number of Topliss-reactive ketones (excluding diaryl/α,β-unsaturated/α-hetero) is 1. The Kier molecular flexibility index (Phi) is 1.38. The van der Waals surface area contributed by atoms with E-state index in [0.717, 1.165) is 5.56 Å². The van der Waals surface area contributed by atoms with E-state index in [1.54, 1.807) is 0 Å². The van der Waals surface area contributed by atoms with Crippen LogP contribution in [0.5, 0.6) is 0 Å². The van der Waals surface area contributed by atoms with Gasteiger partial charge in [-0.25, -0.2) is 0 Å². The molecule has 0 bridgehead atoms. The average molecular weight is 160 g/mol. The number of hydrogen-bond acceptors (Lipinski definition) is 1. The quantitative estimate of drug-likeness (QED) is 0.569. The average Bonchev–Trinajstić information content (AvgIpc) is 1.97. The third kappa shape index (κ3) is 0.765. The summed E-state index contributed by atoms with van der Waals surface area (Å²) in [7, 11) is 0. The van der Waals surface area contributed by atoms with Crippen molar-refractivity contribution in [2.45, 2.75) is 27.2 Å². The van der Waals surface area contributed by atoms with Crippen LogP contribution in [-0.2, 0) is 6.42 Å². The lowest BCUT2D eigenvalue weighted by atomic mass is 9.79. The zero-order valence-corrected chi connectivity index (χ0v) is 7.69. The summed E-state index contributed by atoms with van der Waals surface area (Å²) in [5.74, 6) is 0.314. The first-order chi connectivity index (χ1) is 5.61. The standard InChI is InChI=1S/C11H12O/c1-6-4-7(2)9-5-10(12)11(9)8(6)3/h4H,5H2,1-3H3. The highest BCUT2D eigenvalue weighted by atomic mass is 16.1. The summed E-state index contributed by atoms with van der Waals surface area (Å²) in [6.07, 6.45) is 0.655. The van der Waals surface area contributed by atoms with E-state index in [1.165, 1.54) is 22.3 Å². The lowest BCUT2D eigenvalue weighted by molar-refractivity contribution is 0.0966. The van der Waals surface area contributed by atoms with Crippen LogP contribution in [0.3, 0.4) is 0 Å². The van der Waals surface area contributed by atoms with Gasteiger partial charge in [-0.05, 0) is 43.0 Å². The molecule has 0 atom stereocenters. The van der Waals surface area contributed by atoms with Gasteiger partial charge in [0.1, 0.15) is 0 Å². The third-order valence-electron chi connectivity index (χ3n) is 2.79. The highest BCUT2D eigenvalue weighted by molar-refractivity contribution is 6.08. The summed E-state index contributed by atoms with van der Waals surface area (Å²) in [6, 6.07) is 2.17. The van der Waals surface area contributed by atoms with E-state index >= 15 is 0 Å². The molecule has 1 aliphatic carbocycles. The molecular weight excluding hydrogens is 148 g/mol. The van der Waals surface area contributed by atoms with Crippen molar-refractivity contribution in [3.8, 4) is 0 Å². The molecule has 1 aromatic rings. The molecule has 62 valence electrons. The summed E-state index contributed by atoms with van der Waals surface area (Å²) in [6.45, 7) is 6.18. The zero-order valence-electron chi connectivity index (χ0n) is 7.69. The molecule has 2 rings (SSSR count). The molecule has 1 aromatic carbocycles. The van der Waals surface area contributed by atoms with Crippen molar-refractivity contribution < 1.29 is 4.79 Å². The van der Waals surface area contributed by atoms with E-state index in [2.05, 4.69) is 19.9 Å². The first kappa shape index (κ1) is 7.53. The maximum Gasteiger partial charge on any atom is 0.167 e. The first-order valence-corrected chi connectivity index (χ1v) is 4.24. The predicted octanol–water partition coefficient (Wildman–Crippen LogP) is 2.35. The monoisotopic (exact) mass is 160 g/mol. The lowest BCUT2D eigenvalue weighted by Gasteiger charge is -2.23. The van der Waals surface area contributed by atoms with Crippen LogP contribution in [0.1, 0.15) is 32.6 Å². The number of benzene rings is 1. The smallest absolute Gasteiger partial charge is 0.167 e. The van der Waals surface area contributed by atoms with Gasteiger partial charge in [0, 0.05) is 12.0 Å². The largest absolute Gasteiger partial charge is 0.294 e. The Morgan fingerprint density at radius 3 is 2.42 bits per heavy atom. The van der Waals surface area contributed by atoms with Crippen LogP contribution in [0, 0.1) is 20.8 Å². The summed E-state index contributed by atoms with van der Waals surface area (Å²) in [5.41, 5.74) is 5.94. The molecule has 0 radical (unpaired) electrons. The van der Waals surface area contributed by atoms with Gasteiger partial charge in [-0.15, -0.1) is 0 Å². The fourth-order valence-electron chi connectivity index (χ4n) is 1.89. The Balaban J connectivity index is 2.76. The second kappa shape index (κ2) is 2.19. The SMILES string of the molecule is Cc1cc(C)c2c(c1C)C(=O)C2. The van der Waals surface area contributed by atoms with Gasteiger partial charge >= 0.3 is 0 Å². The summed E-state index contributed by atoms with van der Waals surface area (Å²) < 4.78 is 0. The van der Waals surface area contributed by atoms with Crippen LogP contribution in [0.25, 0.3) is 0 Å². The zero-order chi connectivity index (χ0) is 8.88. The van der Waals surface area contributed by atoms with Gasteiger partial charge in [0.25, 0.3) is 0 Å². The molecule has 0 heterocycles. The summed E-state index contributed by atoms with van der Waals surface area (Å²) >= 11 is 0. The fraction of sp³-hybridized carbons (Fsp3) is 0.364. The molecule has 0 amide bonds. The number of ketones is 1. The minimum absolute atomic E-state index is 0.314. The Morgan fingerprint density at radius 1 is 1.17 bits per heavy atom. The summed E-state index contributed by atoms with van der Waals surface area (Å²) in [5, 5.41) is 0. The molecule has 0 fully saturated rings. The second-order valence-corrected chi connectivity index (χ2v) is 3.59. The Bertz CT molecular complexity index is 355. The van der Waals surface area contributed by atoms with Crippen LogP contribution in [-0.4, -0.2) is 5.78 Å². The highest BCUT2D eigenvalue weighted by Crippen LogP contribution is 2.31. The van der Waals surface area contributed by atoms with E-state index in [1.807, 2.05) is 6.92 Å². The van der Waals surface area contributed by atoms with Crippen LogP contribution in [0.2, 0.25) is 0 Å². The van der Waals surface area contributed by atoms with Crippen LogP contribution < -0.4 is 0 Å². The fourth-order valence-corrected chi connectivity index (χ4v) is 1.89. The predicted molar refractivity (Wildman–Crippen MR) is 48.7 cm³/mol. The van der Waals surface area contributed by atoms with Crippen molar-refractivity contribution in [2.75, 3.05) is 0 Å². The van der Waals surface area contributed by atoms with Crippen LogP contribution in [0.15, 0.2) is 6.07 Å². The van der Waals surface area contributed by atoms with E-state index < -0.39 is 0 Å². The minimum Gasteiger partial charge on any atom is -0.294 e. The van der Waals surface area contributed by atoms with Gasteiger partial charge in [0.2, 0.25) is 0 Å². The van der Waals surface area contributed by atoms with Gasteiger partial charge in [-0.3, -0.25) is 4.79 Å². The lowest BCUT2D eigenvalue weighted by Crippen LogP contribution is -2.22. The van der Waals surface area contributed by atoms with Crippen molar-refractivity contribution >= 4 is 5.78 Å². The van der Waals surface area contributed by atoms with Gasteiger partial charge in [0.15, 0.2) is 5.78 Å². The number of fused-ring (bicyclic) bond motifs is 1. The molecule has 0 aromatic heterocycles. The number of aryl methyl sites for hydroxylation is 2. The minimum atomic E-state index is 0.314. The van der Waals surface area contributed by atoms with E-state index in [9.17, 15) is 4.79 Å². The Labute approximate surface area is 72.4 Å². The second-order valence-electron chi connectivity index (χ2n) is 3.59. The van der Waals surface area contributed by atoms with E-state index in [-0.39, 0.29) is 0 Å². The molecule has 0 saturated carbocycles. The van der Waals surface area contributed by atoms with Crippen molar-refractivity contribution in [1.82, 2.24) is 0 Å². The van der Waals surface area contributed by atoms with Gasteiger partial charge in [-0.2, -0.15) is 0 Å². The molecule has 0 aliphatic heterocycles. The number of hydrogen-bond donors (Lipinski definition) is 0. The molecule has 0 saturated heterocycles. The maximum atomic E-state index is 11.2. The number of rotatable bonds is 0. The molecule has 1 heteroatoms. The van der Waals surface area contributed by atoms with Crippen LogP contribution >= 0.6 is 0 Å². The molecule has 12 heavy (non-hydrogen) atoms. The van der Waals surface area contributed by atoms with E-state index in [4.69, 9.17) is 0 Å². The maximum absolute atomic E-state index is 11.2. The first-order valence-electron chi connectivity index (χ1n) is 4.24. The topological polar surface area (TPSA) is 17.1 Å². The molecule has 0 N–H and O–H groups in total. The molecular formula is C11H12O. The van der Waals surface area contributed by atoms with Gasteiger partial charge in [0.05, 0.1) is 0 Å².